The minimum absolute atomic E-state index is 0.0847. The molecule has 3 atom stereocenters. The van der Waals surface area contributed by atoms with Gasteiger partial charge < -0.3 is 5.32 Å². The van der Waals surface area contributed by atoms with E-state index in [1.165, 1.54) is 18.4 Å². The number of hydrogen-bond acceptors (Lipinski definition) is 1. The van der Waals surface area contributed by atoms with Crippen LogP contribution in [0.3, 0.4) is 0 Å². The molecule has 3 aliphatic rings. The van der Waals surface area contributed by atoms with Gasteiger partial charge in [0.15, 0.2) is 0 Å². The third-order valence-corrected chi connectivity index (χ3v) is 6.95. The van der Waals surface area contributed by atoms with Crippen molar-refractivity contribution in [2.45, 2.75) is 45.4 Å². The van der Waals surface area contributed by atoms with E-state index >= 15 is 0 Å². The van der Waals surface area contributed by atoms with E-state index in [2.05, 4.69) is 38.2 Å². The van der Waals surface area contributed by atoms with Gasteiger partial charge in [-0.3, -0.25) is 4.79 Å². The Labute approximate surface area is 114 Å². The Hall–Kier alpha value is -1.31. The van der Waals surface area contributed by atoms with Gasteiger partial charge in [0.1, 0.15) is 0 Å². The molecule has 2 nitrogen and oxygen atoms in total. The van der Waals surface area contributed by atoms with Crippen molar-refractivity contribution in [1.82, 2.24) is 0 Å². The molecule has 0 saturated heterocycles. The maximum atomic E-state index is 12.8. The van der Waals surface area contributed by atoms with E-state index in [-0.39, 0.29) is 22.2 Å². The molecule has 2 heteroatoms. The minimum Gasteiger partial charge on any atom is -0.325 e. The first-order valence-corrected chi connectivity index (χ1v) is 7.34. The van der Waals surface area contributed by atoms with E-state index in [0.29, 0.717) is 5.92 Å². The lowest BCUT2D eigenvalue weighted by atomic mass is 9.56. The molecule has 0 aromatic heterocycles. The lowest BCUT2D eigenvalue weighted by Crippen LogP contribution is -2.49. The molecular formula is C17H21NO. The molecule has 2 saturated carbocycles. The Morgan fingerprint density at radius 2 is 1.95 bits per heavy atom. The Morgan fingerprint density at radius 3 is 2.58 bits per heavy atom. The average molecular weight is 255 g/mol. The third kappa shape index (κ3) is 0.978. The highest BCUT2D eigenvalue weighted by Gasteiger charge is 2.73. The second kappa shape index (κ2) is 3.05. The molecule has 1 aliphatic heterocycles. The summed E-state index contributed by atoms with van der Waals surface area (Å²) in [6.45, 7) is 7.09. The van der Waals surface area contributed by atoms with E-state index in [1.807, 2.05) is 12.1 Å². The molecular weight excluding hydrogens is 234 g/mol. The summed E-state index contributed by atoms with van der Waals surface area (Å²) in [5.74, 6) is 0.917. The molecule has 0 unspecified atom stereocenters. The van der Waals surface area contributed by atoms with Crippen LogP contribution in [0.15, 0.2) is 24.3 Å². The van der Waals surface area contributed by atoms with Crippen LogP contribution < -0.4 is 5.32 Å². The highest BCUT2D eigenvalue weighted by atomic mass is 16.2. The van der Waals surface area contributed by atoms with Crippen molar-refractivity contribution in [1.29, 1.82) is 0 Å². The van der Waals surface area contributed by atoms with Crippen LogP contribution in [-0.2, 0) is 10.2 Å². The fraction of sp³-hybridized carbons (Fsp3) is 0.588. The molecule has 1 aromatic carbocycles. The third-order valence-electron chi connectivity index (χ3n) is 6.95. The summed E-state index contributed by atoms with van der Waals surface area (Å²) in [7, 11) is 0. The zero-order valence-electron chi connectivity index (χ0n) is 11.9. The molecule has 1 heterocycles. The fourth-order valence-electron chi connectivity index (χ4n) is 5.38. The first-order valence-electron chi connectivity index (χ1n) is 7.34. The smallest absolute Gasteiger partial charge is 0.235 e. The lowest BCUT2D eigenvalue weighted by Gasteiger charge is -2.45. The molecule has 19 heavy (non-hydrogen) atoms. The quantitative estimate of drug-likeness (QED) is 0.752. The van der Waals surface area contributed by atoms with Gasteiger partial charge in [0.2, 0.25) is 5.91 Å². The summed E-state index contributed by atoms with van der Waals surface area (Å²) in [4.78, 5) is 12.8. The van der Waals surface area contributed by atoms with E-state index in [1.54, 1.807) is 0 Å². The lowest BCUT2D eigenvalue weighted by molar-refractivity contribution is -0.126. The maximum Gasteiger partial charge on any atom is 0.235 e. The predicted octanol–water partition coefficient (Wildman–Crippen LogP) is 3.72. The number of benzene rings is 1. The van der Waals surface area contributed by atoms with Crippen molar-refractivity contribution in [2.75, 3.05) is 5.32 Å². The van der Waals surface area contributed by atoms with Crippen molar-refractivity contribution < 1.29 is 4.79 Å². The Kier molecular flexibility index (Phi) is 1.85. The molecule has 2 aliphatic carbocycles. The average Bonchev–Trinajstić information content (AvgIpc) is 2.84. The number of amides is 1. The number of fused-ring (bicyclic) bond motifs is 5. The minimum atomic E-state index is -0.282. The second-order valence-corrected chi connectivity index (χ2v) is 7.40. The van der Waals surface area contributed by atoms with Crippen molar-refractivity contribution in [3.63, 3.8) is 0 Å². The number of para-hydroxylation sites is 1. The van der Waals surface area contributed by atoms with Gasteiger partial charge >= 0.3 is 0 Å². The summed E-state index contributed by atoms with van der Waals surface area (Å²) < 4.78 is 0. The van der Waals surface area contributed by atoms with Crippen LogP contribution in [0.2, 0.25) is 0 Å². The van der Waals surface area contributed by atoms with E-state index in [0.717, 1.165) is 12.1 Å². The molecule has 0 radical (unpaired) electrons. The molecule has 2 fully saturated rings. The number of rotatable bonds is 0. The van der Waals surface area contributed by atoms with Crippen LogP contribution in [0.4, 0.5) is 5.69 Å². The van der Waals surface area contributed by atoms with Crippen LogP contribution in [-0.4, -0.2) is 5.91 Å². The number of anilines is 1. The standard InChI is InChI=1S/C17H21NO/c1-15(2)11-8-9-16(15,3)17(10-11)12-6-4-5-7-13(12)18-14(17)19/h4-7,11H,8-10H2,1-3H3,(H,18,19)/t11-,16-,17-/m1/s1. The van der Waals surface area contributed by atoms with Gasteiger partial charge in [-0.25, -0.2) is 0 Å². The second-order valence-electron chi connectivity index (χ2n) is 7.40. The van der Waals surface area contributed by atoms with Gasteiger partial charge in [-0.05, 0) is 47.6 Å². The summed E-state index contributed by atoms with van der Waals surface area (Å²) in [5, 5.41) is 3.14. The number of carbonyl (C=O) groups is 1. The van der Waals surface area contributed by atoms with E-state index in [4.69, 9.17) is 0 Å². The predicted molar refractivity (Wildman–Crippen MR) is 76.0 cm³/mol. The van der Waals surface area contributed by atoms with Gasteiger partial charge in [-0.2, -0.15) is 0 Å². The number of nitrogens with one attached hydrogen (secondary N) is 1. The highest BCUT2D eigenvalue weighted by Crippen LogP contribution is 2.75. The maximum absolute atomic E-state index is 12.8. The Bertz CT molecular complexity index is 591. The highest BCUT2D eigenvalue weighted by molar-refractivity contribution is 6.07. The van der Waals surface area contributed by atoms with Crippen LogP contribution in [0.1, 0.15) is 45.6 Å². The molecule has 1 aromatic rings. The van der Waals surface area contributed by atoms with E-state index in [9.17, 15) is 4.79 Å². The summed E-state index contributed by atoms with van der Waals surface area (Å²) in [6.07, 6.45) is 3.48. The van der Waals surface area contributed by atoms with Crippen molar-refractivity contribution in [2.24, 2.45) is 16.7 Å². The molecule has 1 amide bonds. The zero-order valence-corrected chi connectivity index (χ0v) is 11.9. The van der Waals surface area contributed by atoms with Crippen molar-refractivity contribution in [3.05, 3.63) is 29.8 Å². The van der Waals surface area contributed by atoms with E-state index < -0.39 is 0 Å². The van der Waals surface area contributed by atoms with Crippen molar-refractivity contribution in [3.8, 4) is 0 Å². The largest absolute Gasteiger partial charge is 0.325 e. The van der Waals surface area contributed by atoms with Crippen LogP contribution in [0, 0.1) is 16.7 Å². The Morgan fingerprint density at radius 1 is 1.21 bits per heavy atom. The van der Waals surface area contributed by atoms with Crippen molar-refractivity contribution >= 4 is 11.6 Å². The molecule has 1 N–H and O–H groups in total. The topological polar surface area (TPSA) is 29.1 Å². The van der Waals surface area contributed by atoms with Gasteiger partial charge in [0, 0.05) is 5.69 Å². The van der Waals surface area contributed by atoms with Gasteiger partial charge in [0.05, 0.1) is 5.41 Å². The van der Waals surface area contributed by atoms with Crippen LogP contribution in [0.25, 0.3) is 0 Å². The first kappa shape index (κ1) is 11.5. The monoisotopic (exact) mass is 255 g/mol. The SMILES string of the molecule is CC1(C)[C@@H]2CC[C@@]1(C)[C@@]1(C2)C(=O)Nc2ccccc21. The fourth-order valence-corrected chi connectivity index (χ4v) is 5.38. The molecule has 4 rings (SSSR count). The molecule has 2 bridgehead atoms. The Balaban J connectivity index is 2.00. The number of hydrogen-bond donors (Lipinski definition) is 1. The molecule has 1 spiro atoms. The normalized spacial score (nSPS) is 41.6. The van der Waals surface area contributed by atoms with Gasteiger partial charge in [-0.1, -0.05) is 39.0 Å². The van der Waals surface area contributed by atoms with Gasteiger partial charge in [-0.15, -0.1) is 0 Å². The summed E-state index contributed by atoms with van der Waals surface area (Å²) in [6, 6.07) is 8.29. The summed E-state index contributed by atoms with van der Waals surface area (Å²) in [5.41, 5.74) is 2.34. The van der Waals surface area contributed by atoms with Crippen LogP contribution >= 0.6 is 0 Å². The van der Waals surface area contributed by atoms with Gasteiger partial charge in [0.25, 0.3) is 0 Å². The number of carbonyl (C=O) groups excluding carboxylic acids is 1. The zero-order chi connectivity index (χ0) is 13.5. The first-order chi connectivity index (χ1) is 8.93. The molecule has 100 valence electrons. The van der Waals surface area contributed by atoms with Crippen LogP contribution in [0.5, 0.6) is 0 Å². The summed E-state index contributed by atoms with van der Waals surface area (Å²) >= 11 is 0.